The minimum Gasteiger partial charge on any atom is -0.480 e. The van der Waals surface area contributed by atoms with Gasteiger partial charge in [0.05, 0.1) is 6.54 Å². The Bertz CT molecular complexity index is 350. The Labute approximate surface area is 106 Å². The molecule has 16 heavy (non-hydrogen) atoms. The highest BCUT2D eigenvalue weighted by Gasteiger charge is 2.20. The zero-order valence-corrected chi connectivity index (χ0v) is 10.7. The summed E-state index contributed by atoms with van der Waals surface area (Å²) < 4.78 is 0. The van der Waals surface area contributed by atoms with Gasteiger partial charge >= 0.3 is 5.97 Å². The molecule has 0 spiro atoms. The number of hydrogen-bond donors (Lipinski definition) is 2. The molecule has 0 saturated carbocycles. The van der Waals surface area contributed by atoms with Gasteiger partial charge in [0, 0.05) is 10.6 Å². The molecule has 1 aromatic rings. The lowest BCUT2D eigenvalue weighted by Gasteiger charge is -2.26. The Morgan fingerprint density at radius 2 is 1.88 bits per heavy atom. The lowest BCUT2D eigenvalue weighted by atomic mass is 9.94. The highest BCUT2D eigenvalue weighted by molar-refractivity contribution is 6.30. The summed E-state index contributed by atoms with van der Waals surface area (Å²) in [4.78, 5) is 10.4. The number of halogens is 2. The zero-order chi connectivity index (χ0) is 11.5. The van der Waals surface area contributed by atoms with Crippen LogP contribution in [0.4, 0.5) is 0 Å². The molecule has 5 heteroatoms. The third-order valence-electron chi connectivity index (χ3n) is 2.25. The van der Waals surface area contributed by atoms with Crippen molar-refractivity contribution in [2.45, 2.75) is 19.4 Å². The summed E-state index contributed by atoms with van der Waals surface area (Å²) >= 11 is 5.77. The maximum Gasteiger partial charge on any atom is 0.317 e. The number of aliphatic carboxylic acids is 1. The van der Waals surface area contributed by atoms with E-state index in [4.69, 9.17) is 16.7 Å². The van der Waals surface area contributed by atoms with Gasteiger partial charge in [0.2, 0.25) is 0 Å². The Balaban J connectivity index is 0.00000225. The van der Waals surface area contributed by atoms with Gasteiger partial charge in [0.15, 0.2) is 0 Å². The van der Waals surface area contributed by atoms with Crippen molar-refractivity contribution < 1.29 is 9.90 Å². The molecule has 0 aliphatic rings. The second-order valence-electron chi connectivity index (χ2n) is 3.88. The molecule has 0 bridgehead atoms. The molecule has 0 radical (unpaired) electrons. The van der Waals surface area contributed by atoms with Crippen molar-refractivity contribution in [3.05, 3.63) is 34.9 Å². The Kier molecular flexibility index (Phi) is 5.79. The first-order valence-electron chi connectivity index (χ1n) is 4.65. The molecular formula is C11H15Cl2NO2. The van der Waals surface area contributed by atoms with E-state index >= 15 is 0 Å². The van der Waals surface area contributed by atoms with E-state index in [0.717, 1.165) is 5.56 Å². The SMILES string of the molecule is CC(C)(NCC(=O)O)c1ccc(Cl)cc1.Cl. The van der Waals surface area contributed by atoms with Crippen molar-refractivity contribution in [2.75, 3.05) is 6.54 Å². The van der Waals surface area contributed by atoms with Crippen LogP contribution in [0.15, 0.2) is 24.3 Å². The second-order valence-corrected chi connectivity index (χ2v) is 4.32. The van der Waals surface area contributed by atoms with Gasteiger partial charge in [-0.1, -0.05) is 23.7 Å². The standard InChI is InChI=1S/C11H14ClNO2.ClH/c1-11(2,13-7-10(14)15)8-3-5-9(12)6-4-8;/h3-6,13H,7H2,1-2H3,(H,14,15);1H. The molecule has 0 aliphatic carbocycles. The minimum atomic E-state index is -0.864. The van der Waals surface area contributed by atoms with Crippen molar-refractivity contribution in [1.29, 1.82) is 0 Å². The first-order chi connectivity index (χ1) is 6.92. The monoisotopic (exact) mass is 263 g/mol. The lowest BCUT2D eigenvalue weighted by Crippen LogP contribution is -2.39. The molecule has 1 aromatic carbocycles. The van der Waals surface area contributed by atoms with E-state index in [9.17, 15) is 4.79 Å². The maximum atomic E-state index is 10.4. The van der Waals surface area contributed by atoms with Gasteiger partial charge in [-0.3, -0.25) is 10.1 Å². The zero-order valence-electron chi connectivity index (χ0n) is 9.16. The van der Waals surface area contributed by atoms with Crippen LogP contribution in [0, 0.1) is 0 Å². The fourth-order valence-corrected chi connectivity index (χ4v) is 1.39. The van der Waals surface area contributed by atoms with Crippen LogP contribution >= 0.6 is 24.0 Å². The average Bonchev–Trinajstić information content (AvgIpc) is 2.16. The van der Waals surface area contributed by atoms with Gasteiger partial charge in [-0.05, 0) is 31.5 Å². The number of rotatable bonds is 4. The van der Waals surface area contributed by atoms with Crippen molar-refractivity contribution in [3.63, 3.8) is 0 Å². The van der Waals surface area contributed by atoms with Crippen LogP contribution in [-0.4, -0.2) is 17.6 Å². The Hall–Kier alpha value is -0.770. The number of carbonyl (C=O) groups is 1. The molecule has 0 aromatic heterocycles. The number of nitrogens with one attached hydrogen (secondary N) is 1. The highest BCUT2D eigenvalue weighted by Crippen LogP contribution is 2.21. The molecule has 0 heterocycles. The van der Waals surface area contributed by atoms with Gasteiger partial charge in [-0.2, -0.15) is 0 Å². The molecule has 0 unspecified atom stereocenters. The number of hydrogen-bond acceptors (Lipinski definition) is 2. The van der Waals surface area contributed by atoms with Crippen LogP contribution in [0.3, 0.4) is 0 Å². The molecule has 1 rings (SSSR count). The highest BCUT2D eigenvalue weighted by atomic mass is 35.5. The molecule has 2 N–H and O–H groups in total. The minimum absolute atomic E-state index is 0. The summed E-state index contributed by atoms with van der Waals surface area (Å²) in [6.07, 6.45) is 0. The summed E-state index contributed by atoms with van der Waals surface area (Å²) in [5.41, 5.74) is 0.636. The van der Waals surface area contributed by atoms with Crippen molar-refractivity contribution in [1.82, 2.24) is 5.32 Å². The third kappa shape index (κ3) is 4.39. The fraction of sp³-hybridized carbons (Fsp3) is 0.364. The summed E-state index contributed by atoms with van der Waals surface area (Å²) in [6.45, 7) is 3.80. The van der Waals surface area contributed by atoms with E-state index in [1.807, 2.05) is 26.0 Å². The molecule has 0 atom stereocenters. The van der Waals surface area contributed by atoms with Crippen molar-refractivity contribution >= 4 is 30.0 Å². The lowest BCUT2D eigenvalue weighted by molar-refractivity contribution is -0.136. The topological polar surface area (TPSA) is 49.3 Å². The average molecular weight is 264 g/mol. The van der Waals surface area contributed by atoms with E-state index in [1.165, 1.54) is 0 Å². The molecule has 0 saturated heterocycles. The summed E-state index contributed by atoms with van der Waals surface area (Å²) in [5, 5.41) is 12.2. The third-order valence-corrected chi connectivity index (χ3v) is 2.50. The predicted octanol–water partition coefficient (Wildman–Crippen LogP) is 2.67. The smallest absolute Gasteiger partial charge is 0.317 e. The summed E-state index contributed by atoms with van der Waals surface area (Å²) in [5.74, 6) is -0.864. The molecule has 0 aliphatic heterocycles. The molecular weight excluding hydrogens is 249 g/mol. The van der Waals surface area contributed by atoms with Crippen LogP contribution in [-0.2, 0) is 10.3 Å². The summed E-state index contributed by atoms with van der Waals surface area (Å²) in [6, 6.07) is 7.36. The summed E-state index contributed by atoms with van der Waals surface area (Å²) in [7, 11) is 0. The van der Waals surface area contributed by atoms with Gasteiger partial charge in [-0.15, -0.1) is 12.4 Å². The molecule has 3 nitrogen and oxygen atoms in total. The van der Waals surface area contributed by atoms with E-state index in [0.29, 0.717) is 5.02 Å². The van der Waals surface area contributed by atoms with Gasteiger partial charge < -0.3 is 5.11 Å². The van der Waals surface area contributed by atoms with Crippen molar-refractivity contribution in [3.8, 4) is 0 Å². The first kappa shape index (κ1) is 15.2. The fourth-order valence-electron chi connectivity index (χ4n) is 1.27. The number of carboxylic acid groups (broad SMARTS) is 1. The van der Waals surface area contributed by atoms with E-state index in [-0.39, 0.29) is 24.5 Å². The predicted molar refractivity (Wildman–Crippen MR) is 67.4 cm³/mol. The number of benzene rings is 1. The van der Waals surface area contributed by atoms with Gasteiger partial charge in [-0.25, -0.2) is 0 Å². The quantitative estimate of drug-likeness (QED) is 0.879. The van der Waals surface area contributed by atoms with E-state index < -0.39 is 5.97 Å². The van der Waals surface area contributed by atoms with E-state index in [1.54, 1.807) is 12.1 Å². The van der Waals surface area contributed by atoms with Gasteiger partial charge in [0.25, 0.3) is 0 Å². The van der Waals surface area contributed by atoms with Crippen LogP contribution in [0.5, 0.6) is 0 Å². The first-order valence-corrected chi connectivity index (χ1v) is 5.02. The Morgan fingerprint density at radius 3 is 2.31 bits per heavy atom. The second kappa shape index (κ2) is 6.09. The molecule has 0 amide bonds. The number of carboxylic acids is 1. The van der Waals surface area contributed by atoms with E-state index in [2.05, 4.69) is 5.32 Å². The Morgan fingerprint density at radius 1 is 1.38 bits per heavy atom. The van der Waals surface area contributed by atoms with Crippen LogP contribution in [0.1, 0.15) is 19.4 Å². The molecule has 90 valence electrons. The van der Waals surface area contributed by atoms with Crippen molar-refractivity contribution in [2.24, 2.45) is 0 Å². The van der Waals surface area contributed by atoms with Crippen LogP contribution in [0.2, 0.25) is 5.02 Å². The maximum absolute atomic E-state index is 10.4. The van der Waals surface area contributed by atoms with Gasteiger partial charge in [0.1, 0.15) is 0 Å². The largest absolute Gasteiger partial charge is 0.480 e. The van der Waals surface area contributed by atoms with Crippen LogP contribution in [0.25, 0.3) is 0 Å². The van der Waals surface area contributed by atoms with Crippen LogP contribution < -0.4 is 5.32 Å². The normalized spacial score (nSPS) is 10.7. The molecule has 0 fully saturated rings.